The van der Waals surface area contributed by atoms with Crippen LogP contribution in [-0.4, -0.2) is 43.0 Å². The quantitative estimate of drug-likeness (QED) is 0.500. The van der Waals surface area contributed by atoms with Crippen LogP contribution >= 0.6 is 0 Å². The molecule has 1 aliphatic rings. The number of aryl methyl sites for hydroxylation is 1. The Balaban J connectivity index is 1.33. The summed E-state index contributed by atoms with van der Waals surface area (Å²) >= 11 is 0. The van der Waals surface area contributed by atoms with Crippen molar-refractivity contribution in [3.8, 4) is 11.3 Å². The molecule has 168 valence electrons. The zero-order valence-electron chi connectivity index (χ0n) is 18.4. The zero-order chi connectivity index (χ0) is 22.9. The molecule has 33 heavy (non-hydrogen) atoms. The van der Waals surface area contributed by atoms with Crippen molar-refractivity contribution in [3.05, 3.63) is 66.4 Å². The molecule has 1 aliphatic heterocycles. The van der Waals surface area contributed by atoms with Crippen LogP contribution < -0.4 is 10.6 Å². The predicted molar refractivity (Wildman–Crippen MR) is 126 cm³/mol. The predicted octanol–water partition coefficient (Wildman–Crippen LogP) is 3.76. The summed E-state index contributed by atoms with van der Waals surface area (Å²) in [7, 11) is 0. The van der Waals surface area contributed by atoms with E-state index in [0.717, 1.165) is 54.9 Å². The van der Waals surface area contributed by atoms with E-state index in [1.165, 1.54) is 6.07 Å². The number of nitrogens with two attached hydrogens (primary N) is 1. The maximum Gasteiger partial charge on any atom is 0.225 e. The number of nitrogens with zero attached hydrogens (tertiary/aromatic N) is 7. The molecule has 4 aromatic rings. The lowest BCUT2D eigenvalue weighted by Crippen LogP contribution is -2.36. The molecule has 4 heterocycles. The van der Waals surface area contributed by atoms with E-state index in [4.69, 9.17) is 5.73 Å². The Hall–Kier alpha value is -3.88. The lowest BCUT2D eigenvalue weighted by Gasteiger charge is -2.32. The van der Waals surface area contributed by atoms with Crippen molar-refractivity contribution in [1.82, 2.24) is 29.9 Å². The van der Waals surface area contributed by atoms with E-state index in [2.05, 4.69) is 43.7 Å². The number of fused-ring (bicyclic) bond motifs is 1. The number of rotatable bonds is 5. The van der Waals surface area contributed by atoms with Crippen molar-refractivity contribution in [2.45, 2.75) is 32.2 Å². The summed E-state index contributed by atoms with van der Waals surface area (Å²) in [4.78, 5) is 15.8. The highest BCUT2D eigenvalue weighted by molar-refractivity contribution is 5.79. The van der Waals surface area contributed by atoms with Gasteiger partial charge in [-0.2, -0.15) is 0 Å². The Morgan fingerprint density at radius 1 is 1.12 bits per heavy atom. The summed E-state index contributed by atoms with van der Waals surface area (Å²) in [5.74, 6) is 0.350. The first-order valence-electron chi connectivity index (χ1n) is 11.0. The molecule has 0 unspecified atom stereocenters. The Kier molecular flexibility index (Phi) is 5.45. The maximum atomic E-state index is 14.3. The minimum absolute atomic E-state index is 0.195. The highest BCUT2D eigenvalue weighted by Gasteiger charge is 2.24. The van der Waals surface area contributed by atoms with E-state index in [9.17, 15) is 4.39 Å². The minimum Gasteiger partial charge on any atom is -0.399 e. The summed E-state index contributed by atoms with van der Waals surface area (Å²) in [6.07, 6.45) is 8.31. The summed E-state index contributed by atoms with van der Waals surface area (Å²) in [6.45, 7) is 7.39. The number of aromatic nitrogens is 6. The molecule has 1 fully saturated rings. The van der Waals surface area contributed by atoms with Crippen molar-refractivity contribution in [2.24, 2.45) is 5.73 Å². The maximum absolute atomic E-state index is 14.3. The SMILES string of the molecule is C=C(N)c1ccc(-c2cc3nnn(C4CCN(c5ncc(CC)cn5)CC4)c3cn2)cc1F. The highest BCUT2D eigenvalue weighted by atomic mass is 19.1. The monoisotopic (exact) mass is 444 g/mol. The molecule has 0 spiro atoms. The topological polar surface area (TPSA) is 98.6 Å². The van der Waals surface area contributed by atoms with Crippen LogP contribution in [0.2, 0.25) is 0 Å². The van der Waals surface area contributed by atoms with Gasteiger partial charge in [0, 0.05) is 42.3 Å². The van der Waals surface area contributed by atoms with Crippen molar-refractivity contribution in [3.63, 3.8) is 0 Å². The Morgan fingerprint density at radius 3 is 2.55 bits per heavy atom. The number of halogens is 1. The number of pyridine rings is 1. The van der Waals surface area contributed by atoms with Crippen LogP contribution in [0.25, 0.3) is 28.0 Å². The normalized spacial score (nSPS) is 14.7. The smallest absolute Gasteiger partial charge is 0.225 e. The van der Waals surface area contributed by atoms with Crippen LogP contribution in [0.1, 0.15) is 36.9 Å². The van der Waals surface area contributed by atoms with Gasteiger partial charge in [-0.25, -0.2) is 19.0 Å². The van der Waals surface area contributed by atoms with Crippen molar-refractivity contribution < 1.29 is 4.39 Å². The Morgan fingerprint density at radius 2 is 1.88 bits per heavy atom. The molecule has 0 bridgehead atoms. The average Bonchev–Trinajstić information content (AvgIpc) is 3.27. The Bertz CT molecular complexity index is 1310. The first-order valence-corrected chi connectivity index (χ1v) is 11.0. The van der Waals surface area contributed by atoms with Gasteiger partial charge in [-0.1, -0.05) is 24.8 Å². The molecule has 0 radical (unpaired) electrons. The summed E-state index contributed by atoms with van der Waals surface area (Å²) < 4.78 is 16.3. The molecule has 1 saturated heterocycles. The zero-order valence-corrected chi connectivity index (χ0v) is 18.4. The van der Waals surface area contributed by atoms with Crippen LogP contribution in [0.15, 0.2) is 49.4 Å². The van der Waals surface area contributed by atoms with Crippen LogP contribution in [-0.2, 0) is 6.42 Å². The minimum atomic E-state index is -0.425. The number of hydrogen-bond donors (Lipinski definition) is 1. The van der Waals surface area contributed by atoms with Gasteiger partial charge < -0.3 is 10.6 Å². The van der Waals surface area contributed by atoms with E-state index in [1.54, 1.807) is 18.3 Å². The standard InChI is InChI=1S/C24H25FN8/c1-3-16-12-28-24(29-13-16)32-8-6-18(7-9-32)33-23-14-27-21(11-22(23)30-31-33)17-4-5-19(15(2)26)20(25)10-17/h4-5,10-14,18H,2-3,6-9,26H2,1H3. The summed E-state index contributed by atoms with van der Waals surface area (Å²) in [5.41, 5.74) is 10.1. The van der Waals surface area contributed by atoms with E-state index in [1.807, 2.05) is 23.1 Å². The molecule has 0 aliphatic carbocycles. The van der Waals surface area contributed by atoms with E-state index in [0.29, 0.717) is 16.8 Å². The van der Waals surface area contributed by atoms with Gasteiger partial charge in [0.1, 0.15) is 16.9 Å². The fourth-order valence-electron chi connectivity index (χ4n) is 4.21. The van der Waals surface area contributed by atoms with E-state index < -0.39 is 5.82 Å². The van der Waals surface area contributed by atoms with Gasteiger partial charge in [-0.3, -0.25) is 4.98 Å². The van der Waals surface area contributed by atoms with Gasteiger partial charge >= 0.3 is 0 Å². The summed E-state index contributed by atoms with van der Waals surface area (Å²) in [5, 5.41) is 8.76. The molecule has 0 amide bonds. The van der Waals surface area contributed by atoms with Crippen LogP contribution in [0.3, 0.4) is 0 Å². The third-order valence-corrected chi connectivity index (χ3v) is 6.16. The molecular weight excluding hydrogens is 419 g/mol. The molecule has 2 N–H and O–H groups in total. The lowest BCUT2D eigenvalue weighted by molar-refractivity contribution is 0.366. The highest BCUT2D eigenvalue weighted by Crippen LogP contribution is 2.29. The fourth-order valence-corrected chi connectivity index (χ4v) is 4.21. The van der Waals surface area contributed by atoms with Crippen molar-refractivity contribution >= 4 is 22.7 Å². The fraction of sp³-hybridized carbons (Fsp3) is 0.292. The van der Waals surface area contributed by atoms with Crippen LogP contribution in [0.4, 0.5) is 10.3 Å². The van der Waals surface area contributed by atoms with Crippen molar-refractivity contribution in [1.29, 1.82) is 0 Å². The second-order valence-electron chi connectivity index (χ2n) is 8.28. The number of hydrogen-bond acceptors (Lipinski definition) is 7. The lowest BCUT2D eigenvalue weighted by atomic mass is 10.0. The summed E-state index contributed by atoms with van der Waals surface area (Å²) in [6, 6.07) is 6.86. The van der Waals surface area contributed by atoms with Crippen LogP contribution in [0.5, 0.6) is 0 Å². The number of piperidine rings is 1. The molecule has 1 aromatic carbocycles. The third-order valence-electron chi connectivity index (χ3n) is 6.16. The Labute approximate surface area is 191 Å². The van der Waals surface area contributed by atoms with Gasteiger partial charge in [0.15, 0.2) is 0 Å². The van der Waals surface area contributed by atoms with Gasteiger partial charge in [-0.05, 0) is 43.0 Å². The molecule has 5 rings (SSSR count). The van der Waals surface area contributed by atoms with Gasteiger partial charge in [-0.15, -0.1) is 5.10 Å². The van der Waals surface area contributed by atoms with Crippen molar-refractivity contribution in [2.75, 3.05) is 18.0 Å². The molecule has 0 atom stereocenters. The first-order chi connectivity index (χ1) is 16.0. The van der Waals surface area contributed by atoms with E-state index in [-0.39, 0.29) is 11.7 Å². The first kappa shape index (κ1) is 21.0. The van der Waals surface area contributed by atoms with Gasteiger partial charge in [0.25, 0.3) is 0 Å². The average molecular weight is 445 g/mol. The number of benzene rings is 1. The molecule has 8 nitrogen and oxygen atoms in total. The molecule has 9 heteroatoms. The van der Waals surface area contributed by atoms with Crippen LogP contribution in [0, 0.1) is 5.82 Å². The number of anilines is 1. The molecule has 0 saturated carbocycles. The molecule has 3 aromatic heterocycles. The largest absolute Gasteiger partial charge is 0.399 e. The van der Waals surface area contributed by atoms with E-state index >= 15 is 0 Å². The second kappa shape index (κ2) is 8.57. The van der Waals surface area contributed by atoms with Gasteiger partial charge in [0.2, 0.25) is 5.95 Å². The second-order valence-corrected chi connectivity index (χ2v) is 8.28. The van der Waals surface area contributed by atoms with Gasteiger partial charge in [0.05, 0.1) is 17.9 Å². The third kappa shape index (κ3) is 4.02. The molecular formula is C24H25FN8.